The number of rotatable bonds is 5. The molecule has 1 aromatic rings. The molecule has 1 rings (SSSR count). The normalized spacial score (nSPS) is 11.3. The van der Waals surface area contributed by atoms with Gasteiger partial charge in [0, 0.05) is 12.1 Å². The van der Waals surface area contributed by atoms with Gasteiger partial charge in [0.15, 0.2) is 5.75 Å². The maximum atomic E-state index is 11.0. The van der Waals surface area contributed by atoms with E-state index < -0.39 is 0 Å². The van der Waals surface area contributed by atoms with Crippen molar-refractivity contribution >= 4 is 5.97 Å². The van der Waals surface area contributed by atoms with Gasteiger partial charge in [0.1, 0.15) is 6.61 Å². The van der Waals surface area contributed by atoms with Crippen LogP contribution in [0.3, 0.4) is 0 Å². The zero-order chi connectivity index (χ0) is 12.0. The maximum absolute atomic E-state index is 11.0. The molecule has 0 aliphatic rings. The highest BCUT2D eigenvalue weighted by molar-refractivity contribution is 5.87. The molecular formula is C11H16N2O3. The Balaban J connectivity index is 2.43. The van der Waals surface area contributed by atoms with Gasteiger partial charge in [-0.05, 0) is 19.9 Å². The van der Waals surface area contributed by atoms with Crippen LogP contribution in [0.25, 0.3) is 0 Å². The van der Waals surface area contributed by atoms with Crippen molar-refractivity contribution in [2.24, 2.45) is 0 Å². The molecule has 0 atom stereocenters. The number of aromatic nitrogens is 2. The van der Waals surface area contributed by atoms with Gasteiger partial charge in [-0.1, -0.05) is 0 Å². The largest absolute Gasteiger partial charge is 0.486 e. The van der Waals surface area contributed by atoms with Gasteiger partial charge in [0.05, 0.1) is 19.5 Å². The van der Waals surface area contributed by atoms with E-state index in [0.717, 1.165) is 6.54 Å². The van der Waals surface area contributed by atoms with Crippen molar-refractivity contribution in [3.05, 3.63) is 24.0 Å². The van der Waals surface area contributed by atoms with Gasteiger partial charge < -0.3 is 9.47 Å². The molecule has 0 aliphatic carbocycles. The summed E-state index contributed by atoms with van der Waals surface area (Å²) < 4.78 is 11.7. The molecule has 0 unspecified atom stereocenters. The minimum atomic E-state index is -0.340. The van der Waals surface area contributed by atoms with Crippen LogP contribution < -0.4 is 4.74 Å². The van der Waals surface area contributed by atoms with E-state index in [2.05, 4.69) is 9.84 Å². The van der Waals surface area contributed by atoms with Crippen molar-refractivity contribution in [3.63, 3.8) is 0 Å². The number of esters is 1. The van der Waals surface area contributed by atoms with Gasteiger partial charge in [-0.15, -0.1) is 0 Å². The van der Waals surface area contributed by atoms with E-state index in [9.17, 15) is 4.79 Å². The maximum Gasteiger partial charge on any atom is 0.333 e. The second kappa shape index (κ2) is 5.95. The van der Waals surface area contributed by atoms with Crippen LogP contribution >= 0.6 is 0 Å². The molecule has 0 aromatic carbocycles. The Hall–Kier alpha value is -1.78. The molecule has 5 heteroatoms. The van der Waals surface area contributed by atoms with Gasteiger partial charge >= 0.3 is 5.97 Å². The Morgan fingerprint density at radius 3 is 2.94 bits per heavy atom. The molecule has 0 N–H and O–H groups in total. The topological polar surface area (TPSA) is 53.4 Å². The van der Waals surface area contributed by atoms with E-state index in [1.165, 1.54) is 7.11 Å². The zero-order valence-corrected chi connectivity index (χ0v) is 9.77. The summed E-state index contributed by atoms with van der Waals surface area (Å²) in [5.74, 6) is 0.351. The molecule has 0 bridgehead atoms. The van der Waals surface area contributed by atoms with Crippen LogP contribution in [0.2, 0.25) is 0 Å². The van der Waals surface area contributed by atoms with Crippen molar-refractivity contribution in [1.29, 1.82) is 0 Å². The van der Waals surface area contributed by atoms with Crippen molar-refractivity contribution in [1.82, 2.24) is 9.78 Å². The van der Waals surface area contributed by atoms with E-state index in [4.69, 9.17) is 4.74 Å². The molecule has 0 saturated heterocycles. The molecule has 0 amide bonds. The SMILES string of the molecule is CCn1cc(OC/C=C(/C)C(=O)OC)cn1. The average Bonchev–Trinajstić information content (AvgIpc) is 2.75. The summed E-state index contributed by atoms with van der Waals surface area (Å²) in [7, 11) is 1.35. The third kappa shape index (κ3) is 3.42. The van der Waals surface area contributed by atoms with Crippen LogP contribution in [0.15, 0.2) is 24.0 Å². The third-order valence-electron chi connectivity index (χ3n) is 2.08. The van der Waals surface area contributed by atoms with E-state index in [-0.39, 0.29) is 5.97 Å². The summed E-state index contributed by atoms with van der Waals surface area (Å²) in [6.07, 6.45) is 5.13. The quantitative estimate of drug-likeness (QED) is 0.560. The highest BCUT2D eigenvalue weighted by atomic mass is 16.5. The van der Waals surface area contributed by atoms with Crippen LogP contribution in [-0.4, -0.2) is 29.5 Å². The van der Waals surface area contributed by atoms with Crippen LogP contribution in [-0.2, 0) is 16.1 Å². The molecule has 0 spiro atoms. The molecule has 0 fully saturated rings. The van der Waals surface area contributed by atoms with Gasteiger partial charge in [-0.2, -0.15) is 5.10 Å². The lowest BCUT2D eigenvalue weighted by Gasteiger charge is -2.00. The molecule has 0 radical (unpaired) electrons. The molecule has 0 aliphatic heterocycles. The predicted octanol–water partition coefficient (Wildman–Crippen LogP) is 1.40. The first-order chi connectivity index (χ1) is 7.67. The number of ether oxygens (including phenoxy) is 2. The summed E-state index contributed by atoms with van der Waals surface area (Å²) in [6, 6.07) is 0. The Bertz CT molecular complexity index is 382. The summed E-state index contributed by atoms with van der Waals surface area (Å²) in [5, 5.41) is 4.06. The fourth-order valence-corrected chi connectivity index (χ4v) is 1.10. The molecule has 1 aromatic heterocycles. The summed E-state index contributed by atoms with van der Waals surface area (Å²) in [5.41, 5.74) is 0.533. The minimum absolute atomic E-state index is 0.330. The van der Waals surface area contributed by atoms with E-state index in [1.807, 2.05) is 6.92 Å². The smallest absolute Gasteiger partial charge is 0.333 e. The van der Waals surface area contributed by atoms with Crippen molar-refractivity contribution in [3.8, 4) is 5.75 Å². The van der Waals surface area contributed by atoms with Crippen LogP contribution in [0.1, 0.15) is 13.8 Å². The highest BCUT2D eigenvalue weighted by Crippen LogP contribution is 2.08. The molecule has 88 valence electrons. The Labute approximate surface area is 94.7 Å². The van der Waals surface area contributed by atoms with Gasteiger partial charge in [-0.3, -0.25) is 4.68 Å². The van der Waals surface area contributed by atoms with Gasteiger partial charge in [0.2, 0.25) is 0 Å². The second-order valence-corrected chi connectivity index (χ2v) is 3.22. The van der Waals surface area contributed by atoms with Gasteiger partial charge in [-0.25, -0.2) is 4.79 Å². The van der Waals surface area contributed by atoms with Crippen molar-refractivity contribution in [2.45, 2.75) is 20.4 Å². The molecule has 16 heavy (non-hydrogen) atoms. The van der Waals surface area contributed by atoms with Gasteiger partial charge in [0.25, 0.3) is 0 Å². The van der Waals surface area contributed by atoms with Crippen LogP contribution in [0.4, 0.5) is 0 Å². The number of carbonyl (C=O) groups excluding carboxylic acids is 1. The first-order valence-electron chi connectivity index (χ1n) is 5.07. The monoisotopic (exact) mass is 224 g/mol. The number of hydrogen-bond donors (Lipinski definition) is 0. The van der Waals surface area contributed by atoms with E-state index in [1.54, 1.807) is 30.1 Å². The average molecular weight is 224 g/mol. The predicted molar refractivity (Wildman–Crippen MR) is 59.2 cm³/mol. The number of carbonyl (C=O) groups is 1. The second-order valence-electron chi connectivity index (χ2n) is 3.22. The first kappa shape index (κ1) is 12.3. The third-order valence-corrected chi connectivity index (χ3v) is 2.08. The van der Waals surface area contributed by atoms with E-state index >= 15 is 0 Å². The Morgan fingerprint density at radius 2 is 2.38 bits per heavy atom. The number of aryl methyl sites for hydroxylation is 1. The minimum Gasteiger partial charge on any atom is -0.486 e. The Morgan fingerprint density at radius 1 is 1.62 bits per heavy atom. The fourth-order valence-electron chi connectivity index (χ4n) is 1.10. The number of nitrogens with zero attached hydrogens (tertiary/aromatic N) is 2. The molecular weight excluding hydrogens is 208 g/mol. The lowest BCUT2D eigenvalue weighted by atomic mass is 10.3. The molecule has 0 saturated carbocycles. The highest BCUT2D eigenvalue weighted by Gasteiger charge is 2.02. The lowest BCUT2D eigenvalue weighted by molar-refractivity contribution is -0.136. The summed E-state index contributed by atoms with van der Waals surface area (Å²) in [4.78, 5) is 11.0. The Kier molecular flexibility index (Phi) is 4.57. The number of hydrogen-bond acceptors (Lipinski definition) is 4. The van der Waals surface area contributed by atoms with Crippen molar-refractivity contribution in [2.75, 3.05) is 13.7 Å². The van der Waals surface area contributed by atoms with Crippen LogP contribution in [0, 0.1) is 0 Å². The summed E-state index contributed by atoms with van der Waals surface area (Å²) >= 11 is 0. The first-order valence-corrected chi connectivity index (χ1v) is 5.07. The molecule has 1 heterocycles. The van der Waals surface area contributed by atoms with Crippen molar-refractivity contribution < 1.29 is 14.3 Å². The van der Waals surface area contributed by atoms with Crippen LogP contribution in [0.5, 0.6) is 5.75 Å². The number of methoxy groups -OCH3 is 1. The zero-order valence-electron chi connectivity index (χ0n) is 9.77. The van der Waals surface area contributed by atoms with E-state index in [0.29, 0.717) is 17.9 Å². The lowest BCUT2D eigenvalue weighted by Crippen LogP contribution is -2.03. The fraction of sp³-hybridized carbons (Fsp3) is 0.455. The summed E-state index contributed by atoms with van der Waals surface area (Å²) in [6.45, 7) is 4.82. The molecule has 5 nitrogen and oxygen atoms in total. The standard InChI is InChI=1S/C11H16N2O3/c1-4-13-8-10(7-12-13)16-6-5-9(2)11(14)15-3/h5,7-8H,4,6H2,1-3H3/b9-5-.